The lowest BCUT2D eigenvalue weighted by Crippen LogP contribution is -2.23. The van der Waals surface area contributed by atoms with E-state index in [2.05, 4.69) is 34.5 Å². The topological polar surface area (TPSA) is 58.1 Å². The highest BCUT2D eigenvalue weighted by atomic mass is 19.1. The molecule has 0 radical (unpaired) electrons. The average Bonchev–Trinajstić information content (AvgIpc) is 3.26. The van der Waals surface area contributed by atoms with Gasteiger partial charge < -0.3 is 10.2 Å². The lowest BCUT2D eigenvalue weighted by Gasteiger charge is -2.17. The molecule has 0 unspecified atom stereocenters. The third-order valence-electron chi connectivity index (χ3n) is 6.12. The molecule has 5 nitrogen and oxygen atoms in total. The molecule has 1 amide bonds. The smallest absolute Gasteiger partial charge is 0.229 e. The van der Waals surface area contributed by atoms with Gasteiger partial charge in [-0.05, 0) is 50.9 Å². The zero-order valence-corrected chi connectivity index (χ0v) is 18.6. The van der Waals surface area contributed by atoms with Crippen molar-refractivity contribution in [3.05, 3.63) is 88.8 Å². The molecular formula is C26H29FN4O. The van der Waals surface area contributed by atoms with Crippen LogP contribution in [0.2, 0.25) is 0 Å². The quantitative estimate of drug-likeness (QED) is 0.599. The van der Waals surface area contributed by atoms with Crippen molar-refractivity contribution in [2.24, 2.45) is 0 Å². The Hall–Kier alpha value is -3.12. The molecule has 32 heavy (non-hydrogen) atoms. The summed E-state index contributed by atoms with van der Waals surface area (Å²) < 4.78 is 13.8. The van der Waals surface area contributed by atoms with Gasteiger partial charge in [0.1, 0.15) is 11.6 Å². The number of para-hydroxylation sites is 1. The first-order valence-electron chi connectivity index (χ1n) is 11.1. The molecule has 6 heteroatoms. The summed E-state index contributed by atoms with van der Waals surface area (Å²) in [6.07, 6.45) is 2.21. The molecule has 1 aliphatic heterocycles. The molecule has 0 saturated carbocycles. The molecule has 2 heterocycles. The minimum absolute atomic E-state index is 0.125. The lowest BCUT2D eigenvalue weighted by atomic mass is 10.0. The van der Waals surface area contributed by atoms with E-state index in [1.54, 1.807) is 18.2 Å². The molecule has 1 saturated heterocycles. The number of likely N-dealkylation sites (tertiary alicyclic amines) is 1. The van der Waals surface area contributed by atoms with Crippen LogP contribution in [0.3, 0.4) is 0 Å². The maximum atomic E-state index is 13.8. The second-order valence-corrected chi connectivity index (χ2v) is 8.46. The fourth-order valence-corrected chi connectivity index (χ4v) is 4.30. The predicted octanol–water partition coefficient (Wildman–Crippen LogP) is 4.45. The minimum atomic E-state index is -0.445. The Morgan fingerprint density at radius 3 is 2.47 bits per heavy atom. The van der Waals surface area contributed by atoms with Gasteiger partial charge >= 0.3 is 0 Å². The number of carbonyl (C=O) groups is 1. The Balaban J connectivity index is 1.37. The Labute approximate surface area is 188 Å². The van der Waals surface area contributed by atoms with Crippen LogP contribution in [0.5, 0.6) is 0 Å². The van der Waals surface area contributed by atoms with Crippen LogP contribution in [0.4, 0.5) is 10.1 Å². The van der Waals surface area contributed by atoms with E-state index in [0.29, 0.717) is 5.92 Å². The molecule has 166 valence electrons. The summed E-state index contributed by atoms with van der Waals surface area (Å²) in [6, 6.07) is 16.7. The summed E-state index contributed by atoms with van der Waals surface area (Å²) in [6.45, 7) is 6.88. The molecule has 1 atom stereocenters. The van der Waals surface area contributed by atoms with Gasteiger partial charge in [0.05, 0.1) is 12.1 Å². The average molecular weight is 433 g/mol. The summed E-state index contributed by atoms with van der Waals surface area (Å²) >= 11 is 0. The molecule has 0 aliphatic carbocycles. The molecule has 1 aromatic heterocycles. The van der Waals surface area contributed by atoms with Crippen molar-refractivity contribution in [2.75, 3.05) is 25.0 Å². The van der Waals surface area contributed by atoms with Crippen molar-refractivity contribution in [1.29, 1.82) is 0 Å². The van der Waals surface area contributed by atoms with E-state index < -0.39 is 5.82 Å². The maximum absolute atomic E-state index is 13.8. The number of nitrogens with zero attached hydrogens (tertiary/aromatic N) is 3. The molecule has 1 N–H and O–H groups in total. The summed E-state index contributed by atoms with van der Waals surface area (Å²) in [5.74, 6) is 0.453. The van der Waals surface area contributed by atoms with Gasteiger partial charge in [0.2, 0.25) is 5.91 Å². The number of carbonyl (C=O) groups excluding carboxylic acids is 1. The third-order valence-corrected chi connectivity index (χ3v) is 6.12. The van der Waals surface area contributed by atoms with Crippen molar-refractivity contribution in [3.63, 3.8) is 0 Å². The Morgan fingerprint density at radius 1 is 1.06 bits per heavy atom. The van der Waals surface area contributed by atoms with Crippen molar-refractivity contribution in [3.8, 4) is 0 Å². The number of hydrogen-bond donors (Lipinski definition) is 1. The van der Waals surface area contributed by atoms with Crippen molar-refractivity contribution < 1.29 is 9.18 Å². The number of amides is 1. The molecule has 1 aliphatic rings. The number of aromatic nitrogens is 2. The van der Waals surface area contributed by atoms with E-state index >= 15 is 0 Å². The van der Waals surface area contributed by atoms with E-state index in [1.165, 1.54) is 11.6 Å². The van der Waals surface area contributed by atoms with E-state index in [-0.39, 0.29) is 18.0 Å². The number of hydrogen-bond acceptors (Lipinski definition) is 4. The molecular weight excluding hydrogens is 403 g/mol. The summed E-state index contributed by atoms with van der Waals surface area (Å²) in [7, 11) is 0. The highest BCUT2D eigenvalue weighted by Gasteiger charge is 2.27. The summed E-state index contributed by atoms with van der Waals surface area (Å²) in [5.41, 5.74) is 3.99. The standard InChI is InChI=1S/C26H29FN4O/c1-18-22(16-25(32)30-24-11-7-6-10-23(24)27)19(2)29-26(28-18)21-13-15-31(17-21)14-12-20-8-4-3-5-9-20/h3-11,21H,12-17H2,1-2H3,(H,30,32)/t21-/m1/s1. The summed E-state index contributed by atoms with van der Waals surface area (Å²) in [5, 5.41) is 2.64. The van der Waals surface area contributed by atoms with Gasteiger partial charge in [-0.3, -0.25) is 4.79 Å². The fourth-order valence-electron chi connectivity index (χ4n) is 4.30. The first-order chi connectivity index (χ1) is 15.5. The molecule has 1 fully saturated rings. The summed E-state index contributed by atoms with van der Waals surface area (Å²) in [4.78, 5) is 24.5. The number of aryl methyl sites for hydroxylation is 2. The fraction of sp³-hybridized carbons (Fsp3) is 0.346. The molecule has 3 aromatic rings. The lowest BCUT2D eigenvalue weighted by molar-refractivity contribution is -0.115. The predicted molar refractivity (Wildman–Crippen MR) is 124 cm³/mol. The highest BCUT2D eigenvalue weighted by molar-refractivity contribution is 5.92. The molecule has 0 spiro atoms. The number of nitrogens with one attached hydrogen (secondary N) is 1. The molecule has 4 rings (SSSR count). The number of anilines is 1. The van der Waals surface area contributed by atoms with Crippen LogP contribution in [-0.4, -0.2) is 40.4 Å². The third kappa shape index (κ3) is 5.37. The van der Waals surface area contributed by atoms with Crippen molar-refractivity contribution in [2.45, 2.75) is 39.0 Å². The Bertz CT molecular complexity index is 1060. The van der Waals surface area contributed by atoms with Gasteiger partial charge in [0.15, 0.2) is 0 Å². The number of halogens is 1. The van der Waals surface area contributed by atoms with Gasteiger partial charge in [-0.2, -0.15) is 0 Å². The van der Waals surface area contributed by atoms with Gasteiger partial charge in [-0.25, -0.2) is 14.4 Å². The van der Waals surface area contributed by atoms with Crippen molar-refractivity contribution >= 4 is 11.6 Å². The van der Waals surface area contributed by atoms with Crippen LogP contribution in [0, 0.1) is 19.7 Å². The van der Waals surface area contributed by atoms with Crippen LogP contribution in [-0.2, 0) is 17.6 Å². The minimum Gasteiger partial charge on any atom is -0.323 e. The normalized spacial score (nSPS) is 16.3. The zero-order valence-electron chi connectivity index (χ0n) is 18.6. The van der Waals surface area contributed by atoms with E-state index in [1.807, 2.05) is 19.9 Å². The largest absolute Gasteiger partial charge is 0.323 e. The number of benzene rings is 2. The Kier molecular flexibility index (Phi) is 6.90. The van der Waals surface area contributed by atoms with Crippen LogP contribution >= 0.6 is 0 Å². The number of rotatable bonds is 7. The van der Waals surface area contributed by atoms with Gasteiger partial charge in [-0.15, -0.1) is 0 Å². The monoisotopic (exact) mass is 432 g/mol. The van der Waals surface area contributed by atoms with Crippen LogP contribution in [0.1, 0.15) is 40.7 Å². The zero-order chi connectivity index (χ0) is 22.5. The first kappa shape index (κ1) is 22.1. The van der Waals surface area contributed by atoms with Crippen LogP contribution < -0.4 is 5.32 Å². The SMILES string of the molecule is Cc1nc([C@@H]2CCN(CCc3ccccc3)C2)nc(C)c1CC(=O)Nc1ccccc1F. The second-order valence-electron chi connectivity index (χ2n) is 8.46. The second kappa shape index (κ2) is 10.0. The Morgan fingerprint density at radius 2 is 1.75 bits per heavy atom. The van der Waals surface area contributed by atoms with E-state index in [9.17, 15) is 9.18 Å². The van der Waals surface area contributed by atoms with Gasteiger partial charge in [0.25, 0.3) is 0 Å². The highest BCUT2D eigenvalue weighted by Crippen LogP contribution is 2.26. The van der Waals surface area contributed by atoms with Gasteiger partial charge in [0, 0.05) is 36.0 Å². The van der Waals surface area contributed by atoms with Crippen molar-refractivity contribution in [1.82, 2.24) is 14.9 Å². The van der Waals surface area contributed by atoms with Gasteiger partial charge in [-0.1, -0.05) is 42.5 Å². The van der Waals surface area contributed by atoms with E-state index in [0.717, 1.165) is 55.3 Å². The van der Waals surface area contributed by atoms with E-state index in [4.69, 9.17) is 9.97 Å². The van der Waals surface area contributed by atoms with Crippen LogP contribution in [0.15, 0.2) is 54.6 Å². The first-order valence-corrected chi connectivity index (χ1v) is 11.1. The van der Waals surface area contributed by atoms with Crippen LogP contribution in [0.25, 0.3) is 0 Å². The molecule has 2 aromatic carbocycles. The molecule has 0 bridgehead atoms. The maximum Gasteiger partial charge on any atom is 0.229 e.